The van der Waals surface area contributed by atoms with Crippen molar-refractivity contribution in [1.29, 1.82) is 0 Å². The topological polar surface area (TPSA) is 77.9 Å². The lowest BCUT2D eigenvalue weighted by atomic mass is 9.49. The number of carboxylic acid groups (broad SMARTS) is 1. The predicted molar refractivity (Wildman–Crippen MR) is 104 cm³/mol. The Labute approximate surface area is 167 Å². The molecule has 4 aliphatic carbocycles. The molecular weight excluding hydrogens is 356 g/mol. The Morgan fingerprint density at radius 1 is 1.00 bits per heavy atom. The molecule has 0 aromatic rings. The summed E-state index contributed by atoms with van der Waals surface area (Å²) in [5, 5.41) is 9.11. The second kappa shape index (κ2) is 7.68. The number of carbonyl (C=O) groups is 3. The van der Waals surface area contributed by atoms with Crippen molar-refractivity contribution in [1.82, 2.24) is 9.80 Å². The smallest absolute Gasteiger partial charge is 0.323 e. The minimum atomic E-state index is -0.978. The van der Waals surface area contributed by atoms with E-state index in [1.54, 1.807) is 0 Å². The van der Waals surface area contributed by atoms with Gasteiger partial charge in [0.1, 0.15) is 6.54 Å². The highest BCUT2D eigenvalue weighted by molar-refractivity contribution is 5.80. The molecule has 4 saturated carbocycles. The molecule has 1 atom stereocenters. The molecule has 5 rings (SSSR count). The first-order valence-corrected chi connectivity index (χ1v) is 11.1. The van der Waals surface area contributed by atoms with E-state index < -0.39 is 5.97 Å². The van der Waals surface area contributed by atoms with Crippen LogP contribution in [0.15, 0.2) is 0 Å². The van der Waals surface area contributed by atoms with Crippen molar-refractivity contribution in [3.63, 3.8) is 0 Å². The lowest BCUT2D eigenvalue weighted by Gasteiger charge is -2.57. The van der Waals surface area contributed by atoms with Gasteiger partial charge in [-0.3, -0.25) is 14.4 Å². The molecule has 5 fully saturated rings. The summed E-state index contributed by atoms with van der Waals surface area (Å²) in [6.07, 6.45) is 10.9. The number of likely N-dealkylation sites (tertiary alicyclic amines) is 1. The molecule has 0 spiro atoms. The van der Waals surface area contributed by atoms with E-state index in [-0.39, 0.29) is 29.8 Å². The van der Waals surface area contributed by atoms with E-state index in [1.807, 2.05) is 4.90 Å². The van der Waals surface area contributed by atoms with Gasteiger partial charge in [0.15, 0.2) is 0 Å². The number of carbonyl (C=O) groups excluding carboxylic acids is 2. The summed E-state index contributed by atoms with van der Waals surface area (Å²) in [5.74, 6) is 1.68. The van der Waals surface area contributed by atoms with Crippen LogP contribution in [-0.4, -0.2) is 58.4 Å². The van der Waals surface area contributed by atoms with Crippen molar-refractivity contribution in [3.8, 4) is 0 Å². The Morgan fingerprint density at radius 2 is 1.61 bits per heavy atom. The zero-order chi connectivity index (χ0) is 19.9. The number of amides is 2. The van der Waals surface area contributed by atoms with Crippen LogP contribution in [0.1, 0.15) is 71.1 Å². The Bertz CT molecular complexity index is 611. The van der Waals surface area contributed by atoms with E-state index >= 15 is 0 Å². The summed E-state index contributed by atoms with van der Waals surface area (Å²) in [6, 6.07) is -0.0778. The van der Waals surface area contributed by atoms with Crippen LogP contribution in [0, 0.1) is 23.2 Å². The van der Waals surface area contributed by atoms with Crippen LogP contribution >= 0.6 is 0 Å². The normalized spacial score (nSPS) is 36.8. The maximum Gasteiger partial charge on any atom is 0.323 e. The van der Waals surface area contributed by atoms with Crippen LogP contribution in [0.25, 0.3) is 0 Å². The van der Waals surface area contributed by atoms with E-state index in [4.69, 9.17) is 5.11 Å². The molecule has 0 radical (unpaired) electrons. The van der Waals surface area contributed by atoms with Crippen LogP contribution in [-0.2, 0) is 14.4 Å². The molecule has 0 aromatic heterocycles. The van der Waals surface area contributed by atoms with E-state index in [2.05, 4.69) is 0 Å². The maximum atomic E-state index is 13.2. The molecule has 6 heteroatoms. The van der Waals surface area contributed by atoms with Gasteiger partial charge in [0, 0.05) is 32.5 Å². The molecule has 1 heterocycles. The van der Waals surface area contributed by atoms with Gasteiger partial charge in [-0.2, -0.15) is 0 Å². The molecule has 1 saturated heterocycles. The fourth-order valence-electron chi connectivity index (χ4n) is 7.22. The number of hydrogen-bond donors (Lipinski definition) is 1. The highest BCUT2D eigenvalue weighted by atomic mass is 16.4. The summed E-state index contributed by atoms with van der Waals surface area (Å²) in [4.78, 5) is 39.7. The first-order chi connectivity index (χ1) is 13.3. The summed E-state index contributed by atoms with van der Waals surface area (Å²) in [7, 11) is 0. The fourth-order valence-corrected chi connectivity index (χ4v) is 7.22. The lowest BCUT2D eigenvalue weighted by molar-refractivity contribution is -0.145. The van der Waals surface area contributed by atoms with Crippen molar-refractivity contribution >= 4 is 17.8 Å². The van der Waals surface area contributed by atoms with Crippen molar-refractivity contribution in [2.24, 2.45) is 23.2 Å². The summed E-state index contributed by atoms with van der Waals surface area (Å²) in [5.41, 5.74) is 0.256. The van der Waals surface area contributed by atoms with Gasteiger partial charge in [-0.25, -0.2) is 0 Å². The zero-order valence-electron chi connectivity index (χ0n) is 17.1. The molecule has 5 aliphatic rings. The summed E-state index contributed by atoms with van der Waals surface area (Å²) < 4.78 is 0. The Morgan fingerprint density at radius 3 is 2.14 bits per heavy atom. The first kappa shape index (κ1) is 19.7. The number of rotatable bonds is 5. The van der Waals surface area contributed by atoms with Crippen LogP contribution in [0.3, 0.4) is 0 Å². The molecule has 4 bridgehead atoms. The molecule has 156 valence electrons. The zero-order valence-corrected chi connectivity index (χ0v) is 17.1. The van der Waals surface area contributed by atoms with E-state index in [0.29, 0.717) is 19.4 Å². The highest BCUT2D eigenvalue weighted by Crippen LogP contribution is 2.61. The molecule has 6 nitrogen and oxygen atoms in total. The number of carboxylic acids is 1. The van der Waals surface area contributed by atoms with Crippen LogP contribution < -0.4 is 0 Å². The summed E-state index contributed by atoms with van der Waals surface area (Å²) in [6.45, 7) is 2.56. The third kappa shape index (κ3) is 4.06. The molecule has 1 aliphatic heterocycles. The van der Waals surface area contributed by atoms with Gasteiger partial charge in [-0.15, -0.1) is 0 Å². The maximum absolute atomic E-state index is 13.2. The van der Waals surface area contributed by atoms with Gasteiger partial charge in [-0.1, -0.05) is 0 Å². The van der Waals surface area contributed by atoms with E-state index in [0.717, 1.165) is 37.1 Å². The molecule has 2 amide bonds. The van der Waals surface area contributed by atoms with Gasteiger partial charge < -0.3 is 14.9 Å². The molecule has 0 aromatic carbocycles. The second-order valence-electron chi connectivity index (χ2n) is 10.1. The fraction of sp³-hybridized carbons (Fsp3) is 0.864. The average Bonchev–Trinajstić information content (AvgIpc) is 2.83. The minimum absolute atomic E-state index is 0.0778. The SMILES string of the molecule is CC(=O)N(CC(=O)O)C1CCCN(C(=O)CC23CC4CC(CC(C4)C2)C3)CC1. The molecular formula is C22H34N2O4. The third-order valence-corrected chi connectivity index (χ3v) is 7.89. The average molecular weight is 391 g/mol. The number of hydrogen-bond acceptors (Lipinski definition) is 3. The highest BCUT2D eigenvalue weighted by Gasteiger charge is 2.51. The molecule has 28 heavy (non-hydrogen) atoms. The monoisotopic (exact) mass is 390 g/mol. The van der Waals surface area contributed by atoms with Crippen molar-refractivity contribution < 1.29 is 19.5 Å². The number of aliphatic carboxylic acids is 1. The number of nitrogens with zero attached hydrogens (tertiary/aromatic N) is 2. The van der Waals surface area contributed by atoms with Gasteiger partial charge in [0.05, 0.1) is 0 Å². The Balaban J connectivity index is 1.36. The first-order valence-electron chi connectivity index (χ1n) is 11.1. The standard InChI is InChI=1S/C22H34N2O4/c1-15(25)24(14-21(27)28)19-3-2-5-23(6-4-19)20(26)13-22-10-16-7-17(11-22)9-18(8-16)12-22/h16-19H,2-14H2,1H3,(H,27,28). The van der Waals surface area contributed by atoms with Gasteiger partial charge in [-0.05, 0) is 81.0 Å². The van der Waals surface area contributed by atoms with Crippen molar-refractivity contribution in [3.05, 3.63) is 0 Å². The van der Waals surface area contributed by atoms with Crippen LogP contribution in [0.2, 0.25) is 0 Å². The molecule has 1 unspecified atom stereocenters. The van der Waals surface area contributed by atoms with Crippen molar-refractivity contribution in [2.75, 3.05) is 19.6 Å². The summed E-state index contributed by atoms with van der Waals surface area (Å²) >= 11 is 0. The van der Waals surface area contributed by atoms with Crippen LogP contribution in [0.4, 0.5) is 0 Å². The molecule has 1 N–H and O–H groups in total. The van der Waals surface area contributed by atoms with E-state index in [9.17, 15) is 14.4 Å². The largest absolute Gasteiger partial charge is 0.480 e. The van der Waals surface area contributed by atoms with Gasteiger partial charge >= 0.3 is 5.97 Å². The van der Waals surface area contributed by atoms with Gasteiger partial charge in [0.2, 0.25) is 11.8 Å². The van der Waals surface area contributed by atoms with Gasteiger partial charge in [0.25, 0.3) is 0 Å². The Kier molecular flexibility index (Phi) is 5.41. The minimum Gasteiger partial charge on any atom is -0.480 e. The predicted octanol–water partition coefficient (Wildman–Crippen LogP) is 2.91. The second-order valence-corrected chi connectivity index (χ2v) is 10.1. The Hall–Kier alpha value is -1.59. The van der Waals surface area contributed by atoms with Crippen molar-refractivity contribution in [2.45, 2.75) is 77.2 Å². The third-order valence-electron chi connectivity index (χ3n) is 7.89. The quantitative estimate of drug-likeness (QED) is 0.783. The van der Waals surface area contributed by atoms with E-state index in [1.165, 1.54) is 50.3 Å². The van der Waals surface area contributed by atoms with Crippen LogP contribution in [0.5, 0.6) is 0 Å². The lowest BCUT2D eigenvalue weighted by Crippen LogP contribution is -2.48.